The van der Waals surface area contributed by atoms with Gasteiger partial charge in [0.15, 0.2) is 0 Å². The Kier molecular flexibility index (Phi) is 6.60. The van der Waals surface area contributed by atoms with Crippen molar-refractivity contribution in [1.29, 1.82) is 0 Å². The number of amides is 1. The van der Waals surface area contributed by atoms with E-state index in [2.05, 4.69) is 73.9 Å². The monoisotopic (exact) mass is 504 g/mol. The minimum absolute atomic E-state index is 0.0685. The van der Waals surface area contributed by atoms with Crippen LogP contribution in [0.4, 0.5) is 5.69 Å². The van der Waals surface area contributed by atoms with Gasteiger partial charge in [-0.3, -0.25) is 9.59 Å². The highest BCUT2D eigenvalue weighted by Gasteiger charge is 2.43. The molecule has 0 saturated carbocycles. The average Bonchev–Trinajstić information content (AvgIpc) is 2.90. The number of carbonyl (C=O) groups is 2. The van der Waals surface area contributed by atoms with Crippen LogP contribution < -0.4 is 10.6 Å². The molecular weight excluding hydrogens is 468 g/mol. The summed E-state index contributed by atoms with van der Waals surface area (Å²) in [4.78, 5) is 26.3. The highest BCUT2D eigenvalue weighted by Crippen LogP contribution is 2.48. The number of fused-ring (bicyclic) bond motifs is 1. The van der Waals surface area contributed by atoms with Crippen molar-refractivity contribution in [2.45, 2.75) is 53.0 Å². The van der Waals surface area contributed by atoms with Crippen molar-refractivity contribution in [1.82, 2.24) is 5.32 Å². The molecule has 0 bridgehead atoms. The Hall–Kier alpha value is -3.92. The number of anilines is 1. The van der Waals surface area contributed by atoms with Crippen LogP contribution in [0.25, 0.3) is 16.7 Å². The van der Waals surface area contributed by atoms with Crippen molar-refractivity contribution in [3.63, 3.8) is 0 Å². The van der Waals surface area contributed by atoms with E-state index in [4.69, 9.17) is 0 Å². The number of benzene rings is 3. The molecule has 4 heteroatoms. The summed E-state index contributed by atoms with van der Waals surface area (Å²) in [5, 5.41) is 6.87. The Labute approximate surface area is 225 Å². The van der Waals surface area contributed by atoms with Crippen LogP contribution >= 0.6 is 0 Å². The molecule has 194 valence electrons. The number of carbonyl (C=O) groups excluding carboxylic acids is 2. The average molecular weight is 505 g/mol. The van der Waals surface area contributed by atoms with Gasteiger partial charge in [0.25, 0.3) is 5.91 Å². The van der Waals surface area contributed by atoms with Crippen LogP contribution in [-0.4, -0.2) is 17.2 Å². The van der Waals surface area contributed by atoms with E-state index >= 15 is 0 Å². The smallest absolute Gasteiger partial charge is 0.255 e. The van der Waals surface area contributed by atoms with Crippen LogP contribution in [-0.2, 0) is 4.79 Å². The summed E-state index contributed by atoms with van der Waals surface area (Å²) in [7, 11) is 0. The summed E-state index contributed by atoms with van der Waals surface area (Å²) in [6.07, 6.45) is 3.67. The van der Waals surface area contributed by atoms with Gasteiger partial charge in [-0.15, -0.1) is 0 Å². The molecule has 2 N–H and O–H groups in total. The Morgan fingerprint density at radius 3 is 2.18 bits per heavy atom. The van der Waals surface area contributed by atoms with Crippen molar-refractivity contribution >= 4 is 23.0 Å². The van der Waals surface area contributed by atoms with Gasteiger partial charge in [0, 0.05) is 28.4 Å². The van der Waals surface area contributed by atoms with Crippen LogP contribution in [0.3, 0.4) is 0 Å². The molecule has 3 aromatic rings. The van der Waals surface area contributed by atoms with E-state index < -0.39 is 5.41 Å². The zero-order chi connectivity index (χ0) is 27.1. The first kappa shape index (κ1) is 25.7. The summed E-state index contributed by atoms with van der Waals surface area (Å²) in [5.74, 6) is -0.0193. The van der Waals surface area contributed by atoms with Gasteiger partial charge in [-0.25, -0.2) is 0 Å². The second-order valence-corrected chi connectivity index (χ2v) is 11.3. The van der Waals surface area contributed by atoms with Gasteiger partial charge in [-0.2, -0.15) is 0 Å². The highest BCUT2D eigenvalue weighted by atomic mass is 16.2. The fourth-order valence-corrected chi connectivity index (χ4v) is 6.14. The van der Waals surface area contributed by atoms with Crippen molar-refractivity contribution in [3.05, 3.63) is 107 Å². The van der Waals surface area contributed by atoms with E-state index in [0.717, 1.165) is 23.2 Å². The topological polar surface area (TPSA) is 58.2 Å². The Balaban J connectivity index is 1.48. The lowest BCUT2D eigenvalue weighted by atomic mass is 9.66. The van der Waals surface area contributed by atoms with Crippen molar-refractivity contribution in [2.24, 2.45) is 11.3 Å². The quantitative estimate of drug-likeness (QED) is 0.375. The second kappa shape index (κ2) is 9.75. The molecule has 2 atom stereocenters. The van der Waals surface area contributed by atoms with Crippen LogP contribution in [0.15, 0.2) is 96.2 Å². The third-order valence-corrected chi connectivity index (χ3v) is 8.42. The van der Waals surface area contributed by atoms with E-state index in [1.54, 1.807) is 6.92 Å². The highest BCUT2D eigenvalue weighted by molar-refractivity contribution is 5.97. The molecule has 3 aromatic carbocycles. The molecule has 38 heavy (non-hydrogen) atoms. The molecule has 2 aliphatic rings. The molecule has 2 unspecified atom stereocenters. The Morgan fingerprint density at radius 2 is 1.50 bits per heavy atom. The van der Waals surface area contributed by atoms with Gasteiger partial charge >= 0.3 is 0 Å². The molecule has 1 aliphatic heterocycles. The molecule has 1 aliphatic carbocycles. The maximum absolute atomic E-state index is 13.4. The third kappa shape index (κ3) is 4.60. The second-order valence-electron chi connectivity index (χ2n) is 11.3. The lowest BCUT2D eigenvalue weighted by Gasteiger charge is -2.44. The number of para-hydroxylation sites is 1. The normalized spacial score (nSPS) is 22.1. The molecular formula is C34H36N2O2. The molecule has 0 radical (unpaired) electrons. The number of rotatable bonds is 5. The molecule has 4 nitrogen and oxygen atoms in total. The molecule has 0 saturated heterocycles. The molecule has 0 spiro atoms. The van der Waals surface area contributed by atoms with Gasteiger partial charge in [0.05, 0.1) is 11.0 Å². The van der Waals surface area contributed by atoms with E-state index in [1.165, 1.54) is 16.7 Å². The lowest BCUT2D eigenvalue weighted by Crippen LogP contribution is -2.44. The summed E-state index contributed by atoms with van der Waals surface area (Å²) in [5.41, 5.74) is 7.37. The van der Waals surface area contributed by atoms with Crippen LogP contribution in [0.2, 0.25) is 0 Å². The number of hydrogen-bond donors (Lipinski definition) is 2. The SMILES string of the molecule is CC(=O)C1(C)CCC(C2=C(C)c3ccccc3NC2(C)C)C=C1NC(=O)c1ccc(-c2ccccc2)cc1. The van der Waals surface area contributed by atoms with E-state index in [0.29, 0.717) is 17.7 Å². The summed E-state index contributed by atoms with van der Waals surface area (Å²) in [6.45, 7) is 10.2. The maximum Gasteiger partial charge on any atom is 0.255 e. The summed E-state index contributed by atoms with van der Waals surface area (Å²) >= 11 is 0. The zero-order valence-corrected chi connectivity index (χ0v) is 22.9. The number of nitrogens with one attached hydrogen (secondary N) is 2. The van der Waals surface area contributed by atoms with Crippen molar-refractivity contribution < 1.29 is 9.59 Å². The molecule has 0 fully saturated rings. The first-order valence-corrected chi connectivity index (χ1v) is 13.4. The van der Waals surface area contributed by atoms with Crippen LogP contribution in [0.5, 0.6) is 0 Å². The van der Waals surface area contributed by atoms with E-state index in [1.807, 2.05) is 49.4 Å². The molecule has 1 heterocycles. The largest absolute Gasteiger partial charge is 0.376 e. The number of ketones is 1. The maximum atomic E-state index is 13.4. The number of hydrogen-bond acceptors (Lipinski definition) is 3. The van der Waals surface area contributed by atoms with E-state index in [9.17, 15) is 9.59 Å². The third-order valence-electron chi connectivity index (χ3n) is 8.42. The standard InChI is InChI=1S/C34H36N2O2/c1-22-28-13-9-10-14-29(28)36-33(3,4)31(22)27-19-20-34(5,23(2)37)30(21-27)35-32(38)26-17-15-25(16-18-26)24-11-7-6-8-12-24/h6-18,21,27,36H,19-20H2,1-5H3,(H,35,38). The first-order valence-electron chi connectivity index (χ1n) is 13.4. The fraction of sp³-hybridized carbons (Fsp3) is 0.294. The van der Waals surface area contributed by atoms with Crippen LogP contribution in [0, 0.1) is 11.3 Å². The first-order chi connectivity index (χ1) is 18.1. The zero-order valence-electron chi connectivity index (χ0n) is 22.9. The van der Waals surface area contributed by atoms with Gasteiger partial charge in [-0.1, -0.05) is 66.7 Å². The number of allylic oxidation sites excluding steroid dienone is 3. The Bertz CT molecular complexity index is 1450. The van der Waals surface area contributed by atoms with Gasteiger partial charge in [-0.05, 0) is 87.9 Å². The molecule has 0 aromatic heterocycles. The van der Waals surface area contributed by atoms with Crippen molar-refractivity contribution in [2.75, 3.05) is 5.32 Å². The predicted octanol–water partition coefficient (Wildman–Crippen LogP) is 7.65. The molecule has 1 amide bonds. The van der Waals surface area contributed by atoms with Gasteiger partial charge in [0.2, 0.25) is 0 Å². The number of Topliss-reactive ketones (excluding diaryl/α,β-unsaturated/α-hetero) is 1. The summed E-state index contributed by atoms with van der Waals surface area (Å²) in [6, 6.07) is 26.1. The van der Waals surface area contributed by atoms with Crippen molar-refractivity contribution in [3.8, 4) is 11.1 Å². The molecule has 5 rings (SSSR count). The lowest BCUT2D eigenvalue weighted by molar-refractivity contribution is -0.124. The van der Waals surface area contributed by atoms with E-state index in [-0.39, 0.29) is 23.1 Å². The van der Waals surface area contributed by atoms with Gasteiger partial charge in [0.1, 0.15) is 5.78 Å². The van der Waals surface area contributed by atoms with Gasteiger partial charge < -0.3 is 10.6 Å². The minimum atomic E-state index is -0.727. The predicted molar refractivity (Wildman–Crippen MR) is 156 cm³/mol. The summed E-state index contributed by atoms with van der Waals surface area (Å²) < 4.78 is 0. The minimum Gasteiger partial charge on any atom is -0.376 e. The fourth-order valence-electron chi connectivity index (χ4n) is 6.14. The van der Waals surface area contributed by atoms with Crippen LogP contribution in [0.1, 0.15) is 63.4 Å². The Morgan fingerprint density at radius 1 is 0.868 bits per heavy atom.